The molecule has 1 aliphatic rings. The molecule has 0 atom stereocenters. The Balaban J connectivity index is 1.63. The van der Waals surface area contributed by atoms with E-state index in [1.54, 1.807) is 26.0 Å². The maximum atomic E-state index is 12.6. The molecule has 1 aliphatic carbocycles. The zero-order valence-corrected chi connectivity index (χ0v) is 17.2. The van der Waals surface area contributed by atoms with Gasteiger partial charge < -0.3 is 15.4 Å². The predicted molar refractivity (Wildman–Crippen MR) is 107 cm³/mol. The second kappa shape index (κ2) is 9.32. The van der Waals surface area contributed by atoms with Crippen LogP contribution in [0.4, 0.5) is 19.0 Å². The van der Waals surface area contributed by atoms with Gasteiger partial charge in [0, 0.05) is 35.5 Å². The summed E-state index contributed by atoms with van der Waals surface area (Å²) < 4.78 is 41.9. The Labute approximate surface area is 177 Å². The number of aromatic nitrogens is 2. The minimum Gasteiger partial charge on any atom is -0.468 e. The monoisotopic (exact) mass is 436 g/mol. The summed E-state index contributed by atoms with van der Waals surface area (Å²) in [6.07, 6.45) is -0.934. The fourth-order valence-electron chi connectivity index (χ4n) is 2.90. The van der Waals surface area contributed by atoms with Crippen molar-refractivity contribution in [3.63, 3.8) is 0 Å². The maximum Gasteiger partial charge on any atom is 0.422 e. The van der Waals surface area contributed by atoms with Gasteiger partial charge in [0.15, 0.2) is 6.61 Å². The van der Waals surface area contributed by atoms with Gasteiger partial charge in [-0.05, 0) is 49.9 Å². The minimum absolute atomic E-state index is 0.0166. The largest absolute Gasteiger partial charge is 0.468 e. The number of carbonyl (C=O) groups excluding carboxylic acids is 2. The van der Waals surface area contributed by atoms with Crippen LogP contribution in [0.15, 0.2) is 24.4 Å². The van der Waals surface area contributed by atoms with E-state index in [0.29, 0.717) is 34.6 Å². The van der Waals surface area contributed by atoms with Crippen LogP contribution in [0.3, 0.4) is 0 Å². The number of hydrogen-bond acceptors (Lipinski definition) is 5. The number of rotatable bonds is 8. The summed E-state index contributed by atoms with van der Waals surface area (Å²) in [6.45, 7) is 2.21. The summed E-state index contributed by atoms with van der Waals surface area (Å²) in [5.74, 6) is -0.208. The molecule has 10 heteroatoms. The summed E-state index contributed by atoms with van der Waals surface area (Å²) in [5.41, 5.74) is 2.06. The van der Waals surface area contributed by atoms with Crippen molar-refractivity contribution in [3.8, 4) is 5.88 Å². The predicted octanol–water partition coefficient (Wildman–Crippen LogP) is 3.57. The molecule has 31 heavy (non-hydrogen) atoms. The molecule has 166 valence electrons. The summed E-state index contributed by atoms with van der Waals surface area (Å²) in [5, 5.41) is 5.47. The van der Waals surface area contributed by atoms with Gasteiger partial charge in [-0.25, -0.2) is 9.97 Å². The average molecular weight is 436 g/mol. The van der Waals surface area contributed by atoms with E-state index >= 15 is 0 Å². The zero-order chi connectivity index (χ0) is 22.6. The Morgan fingerprint density at radius 3 is 2.61 bits per heavy atom. The van der Waals surface area contributed by atoms with Crippen LogP contribution >= 0.6 is 0 Å². The smallest absolute Gasteiger partial charge is 0.422 e. The van der Waals surface area contributed by atoms with Crippen molar-refractivity contribution < 1.29 is 27.5 Å². The van der Waals surface area contributed by atoms with E-state index in [9.17, 15) is 22.8 Å². The molecular weight excluding hydrogens is 413 g/mol. The second-order valence-electron chi connectivity index (χ2n) is 7.39. The highest BCUT2D eigenvalue weighted by Crippen LogP contribution is 2.30. The normalized spacial score (nSPS) is 13.6. The molecule has 2 aromatic rings. The van der Waals surface area contributed by atoms with Crippen LogP contribution in [0, 0.1) is 12.8 Å². The molecule has 0 saturated heterocycles. The average Bonchev–Trinajstić information content (AvgIpc) is 3.55. The van der Waals surface area contributed by atoms with Gasteiger partial charge in [-0.2, -0.15) is 13.2 Å². The first-order chi connectivity index (χ1) is 14.6. The molecule has 1 fully saturated rings. The number of ether oxygens (including phenoxy) is 1. The number of alkyl halides is 3. The first-order valence-corrected chi connectivity index (χ1v) is 9.89. The Bertz CT molecular complexity index is 975. The molecule has 7 nitrogen and oxygen atoms in total. The Morgan fingerprint density at radius 2 is 1.97 bits per heavy atom. The van der Waals surface area contributed by atoms with E-state index in [4.69, 9.17) is 4.74 Å². The van der Waals surface area contributed by atoms with E-state index in [2.05, 4.69) is 20.6 Å². The summed E-state index contributed by atoms with van der Waals surface area (Å²) >= 11 is 0. The van der Waals surface area contributed by atoms with Gasteiger partial charge in [-0.1, -0.05) is 6.92 Å². The van der Waals surface area contributed by atoms with Gasteiger partial charge in [-0.3, -0.25) is 9.59 Å². The Kier molecular flexibility index (Phi) is 6.77. The van der Waals surface area contributed by atoms with E-state index in [-0.39, 0.29) is 30.2 Å². The first-order valence-electron chi connectivity index (χ1n) is 9.89. The number of nitrogens with one attached hydrogen (secondary N) is 2. The van der Waals surface area contributed by atoms with Crippen LogP contribution < -0.4 is 15.4 Å². The number of pyridine rings is 2. The SMILES string of the molecule is CCc1cc(CNC(=O)c2cc(C)nc(NC(=O)C3CC3)c2)cnc1OCC(F)(F)F. The molecular formula is C21H23F3N4O3. The van der Waals surface area contributed by atoms with Crippen molar-refractivity contribution >= 4 is 17.6 Å². The zero-order valence-electron chi connectivity index (χ0n) is 17.2. The van der Waals surface area contributed by atoms with Gasteiger partial charge in [0.25, 0.3) is 5.91 Å². The van der Waals surface area contributed by atoms with Crippen molar-refractivity contribution in [3.05, 3.63) is 46.8 Å². The second-order valence-corrected chi connectivity index (χ2v) is 7.39. The molecule has 0 spiro atoms. The Hall–Kier alpha value is -3.17. The van der Waals surface area contributed by atoms with Crippen molar-refractivity contribution in [2.75, 3.05) is 11.9 Å². The van der Waals surface area contributed by atoms with E-state index in [0.717, 1.165) is 12.8 Å². The van der Waals surface area contributed by atoms with Gasteiger partial charge in [-0.15, -0.1) is 0 Å². The maximum absolute atomic E-state index is 12.6. The highest BCUT2D eigenvalue weighted by atomic mass is 19.4. The lowest BCUT2D eigenvalue weighted by molar-refractivity contribution is -0.154. The van der Waals surface area contributed by atoms with E-state index in [1.807, 2.05) is 0 Å². The third-order valence-corrected chi connectivity index (χ3v) is 4.60. The summed E-state index contributed by atoms with van der Waals surface area (Å²) in [7, 11) is 0. The molecule has 3 rings (SSSR count). The van der Waals surface area contributed by atoms with Crippen LogP contribution in [0.1, 0.15) is 46.9 Å². The standard InChI is InChI=1S/C21H23F3N4O3/c1-3-14-7-13(10-26-20(14)31-11-21(22,23)24)9-25-18(29)16-6-12(2)27-17(8-16)28-19(30)15-4-5-15/h6-8,10,15H,3-5,9,11H2,1-2H3,(H,25,29)(H,27,28,30). The van der Waals surface area contributed by atoms with Crippen LogP contribution in [-0.4, -0.2) is 34.6 Å². The third kappa shape index (κ3) is 6.66. The first kappa shape index (κ1) is 22.5. The highest BCUT2D eigenvalue weighted by molar-refractivity contribution is 5.97. The lowest BCUT2D eigenvalue weighted by Gasteiger charge is -2.13. The third-order valence-electron chi connectivity index (χ3n) is 4.60. The van der Waals surface area contributed by atoms with E-state index in [1.165, 1.54) is 12.3 Å². The van der Waals surface area contributed by atoms with Gasteiger partial charge in [0.05, 0.1) is 0 Å². The highest BCUT2D eigenvalue weighted by Gasteiger charge is 2.30. The lowest BCUT2D eigenvalue weighted by atomic mass is 10.1. The van der Waals surface area contributed by atoms with E-state index < -0.39 is 12.8 Å². The van der Waals surface area contributed by atoms with Crippen molar-refractivity contribution in [2.45, 2.75) is 45.8 Å². The van der Waals surface area contributed by atoms with Crippen molar-refractivity contribution in [1.82, 2.24) is 15.3 Å². The van der Waals surface area contributed by atoms with Crippen LogP contribution in [0.25, 0.3) is 0 Å². The number of hydrogen-bond donors (Lipinski definition) is 2. The lowest BCUT2D eigenvalue weighted by Crippen LogP contribution is -2.24. The molecule has 0 aromatic carbocycles. The molecule has 2 aromatic heterocycles. The summed E-state index contributed by atoms with van der Waals surface area (Å²) in [4.78, 5) is 32.7. The fraction of sp³-hybridized carbons (Fsp3) is 0.429. The number of amides is 2. The number of aryl methyl sites for hydroxylation is 2. The number of halogens is 3. The molecule has 0 aliphatic heterocycles. The number of nitrogens with zero attached hydrogens (tertiary/aromatic N) is 2. The number of carbonyl (C=O) groups is 2. The summed E-state index contributed by atoms with van der Waals surface area (Å²) in [6, 6.07) is 4.76. The number of anilines is 1. The van der Waals surface area contributed by atoms with Crippen molar-refractivity contribution in [1.29, 1.82) is 0 Å². The minimum atomic E-state index is -4.45. The van der Waals surface area contributed by atoms with Crippen LogP contribution in [-0.2, 0) is 17.8 Å². The quantitative estimate of drug-likeness (QED) is 0.660. The molecule has 2 amide bonds. The molecule has 2 N–H and O–H groups in total. The van der Waals surface area contributed by atoms with Crippen molar-refractivity contribution in [2.24, 2.45) is 5.92 Å². The van der Waals surface area contributed by atoms with Crippen LogP contribution in [0.5, 0.6) is 5.88 Å². The molecule has 2 heterocycles. The van der Waals surface area contributed by atoms with Gasteiger partial charge in [0.1, 0.15) is 5.82 Å². The molecule has 1 saturated carbocycles. The van der Waals surface area contributed by atoms with Gasteiger partial charge in [0.2, 0.25) is 11.8 Å². The topological polar surface area (TPSA) is 93.2 Å². The Morgan fingerprint density at radius 1 is 1.23 bits per heavy atom. The van der Waals surface area contributed by atoms with Crippen LogP contribution in [0.2, 0.25) is 0 Å². The molecule has 0 radical (unpaired) electrons. The van der Waals surface area contributed by atoms with Gasteiger partial charge >= 0.3 is 6.18 Å². The molecule has 0 bridgehead atoms. The molecule has 0 unspecified atom stereocenters. The fourth-order valence-corrected chi connectivity index (χ4v) is 2.90.